The van der Waals surface area contributed by atoms with Crippen LogP contribution in [0.2, 0.25) is 10.0 Å². The Balaban J connectivity index is 1.90. The van der Waals surface area contributed by atoms with Gasteiger partial charge in [0.25, 0.3) is 5.56 Å². The van der Waals surface area contributed by atoms with Gasteiger partial charge < -0.3 is 10.1 Å². The van der Waals surface area contributed by atoms with E-state index in [9.17, 15) is 14.4 Å². The lowest BCUT2D eigenvalue weighted by Crippen LogP contribution is -2.31. The summed E-state index contributed by atoms with van der Waals surface area (Å²) in [5.41, 5.74) is 0.364. The van der Waals surface area contributed by atoms with Crippen molar-refractivity contribution in [2.45, 2.75) is 19.9 Å². The molecule has 0 saturated carbocycles. The number of carbonyl (C=O) groups excluding carboxylic acids is 2. The van der Waals surface area contributed by atoms with E-state index in [1.807, 2.05) is 0 Å². The molecule has 0 aliphatic heterocycles. The van der Waals surface area contributed by atoms with Crippen LogP contribution in [0, 0.1) is 0 Å². The quantitative estimate of drug-likeness (QED) is 0.601. The van der Waals surface area contributed by atoms with Gasteiger partial charge >= 0.3 is 5.97 Å². The fraction of sp³-hybridized carbons (Fsp3) is 0.200. The highest BCUT2D eigenvalue weighted by Crippen LogP contribution is 2.25. The SMILES string of the molecule is CCOC(=O)Cc1nn(CC(=O)Nc2ccc(Cl)c(Cl)c2)c(=O)c2ccccc12. The standard InChI is InChI=1S/C20H17Cl2N3O4/c1-2-29-19(27)10-17-13-5-3-4-6-14(13)20(28)25(24-17)11-18(26)23-12-7-8-15(21)16(22)9-12/h3-9H,2,10-11H2,1H3,(H,23,26). The summed E-state index contributed by atoms with van der Waals surface area (Å²) in [5, 5.41) is 8.44. The molecule has 0 atom stereocenters. The van der Waals surface area contributed by atoms with E-state index in [0.29, 0.717) is 32.2 Å². The molecule has 0 aliphatic carbocycles. The molecule has 2 aromatic carbocycles. The maximum atomic E-state index is 12.7. The van der Waals surface area contributed by atoms with E-state index in [4.69, 9.17) is 27.9 Å². The van der Waals surface area contributed by atoms with Crippen LogP contribution in [0.4, 0.5) is 5.69 Å². The molecule has 3 aromatic rings. The second kappa shape index (κ2) is 9.07. The van der Waals surface area contributed by atoms with Crippen LogP contribution >= 0.6 is 23.2 Å². The zero-order valence-electron chi connectivity index (χ0n) is 15.4. The van der Waals surface area contributed by atoms with E-state index < -0.39 is 17.4 Å². The van der Waals surface area contributed by atoms with Crippen LogP contribution in [-0.4, -0.2) is 28.3 Å². The number of nitrogens with zero attached hydrogens (tertiary/aromatic N) is 2. The zero-order valence-corrected chi connectivity index (χ0v) is 17.0. The Bertz CT molecular complexity index is 1140. The number of esters is 1. The summed E-state index contributed by atoms with van der Waals surface area (Å²) in [7, 11) is 0. The summed E-state index contributed by atoms with van der Waals surface area (Å²) in [5.74, 6) is -0.939. The van der Waals surface area contributed by atoms with Crippen LogP contribution in [-0.2, 0) is 27.3 Å². The molecule has 0 aliphatic rings. The summed E-state index contributed by atoms with van der Waals surface area (Å²) < 4.78 is 6.01. The lowest BCUT2D eigenvalue weighted by Gasteiger charge is -2.11. The monoisotopic (exact) mass is 433 g/mol. The normalized spacial score (nSPS) is 10.7. The smallest absolute Gasteiger partial charge is 0.311 e. The van der Waals surface area contributed by atoms with Crippen molar-refractivity contribution in [2.75, 3.05) is 11.9 Å². The average molecular weight is 434 g/mol. The third-order valence-corrected chi connectivity index (χ3v) is 4.80. The minimum Gasteiger partial charge on any atom is -0.466 e. The lowest BCUT2D eigenvalue weighted by atomic mass is 10.1. The first-order chi connectivity index (χ1) is 13.9. The lowest BCUT2D eigenvalue weighted by molar-refractivity contribution is -0.142. The molecule has 0 spiro atoms. The minimum atomic E-state index is -0.477. The maximum Gasteiger partial charge on any atom is 0.311 e. The molecular weight excluding hydrogens is 417 g/mol. The van der Waals surface area contributed by atoms with Gasteiger partial charge in [-0.15, -0.1) is 0 Å². The average Bonchev–Trinajstić information content (AvgIpc) is 2.68. The molecule has 3 rings (SSSR count). The number of nitrogens with one attached hydrogen (secondary N) is 1. The third-order valence-electron chi connectivity index (χ3n) is 4.06. The second-order valence-electron chi connectivity index (χ2n) is 6.11. The molecule has 29 heavy (non-hydrogen) atoms. The van der Waals surface area contributed by atoms with Crippen molar-refractivity contribution in [1.29, 1.82) is 0 Å². The number of hydrogen-bond donors (Lipinski definition) is 1. The Kier molecular flexibility index (Phi) is 6.51. The van der Waals surface area contributed by atoms with Crippen molar-refractivity contribution in [3.8, 4) is 0 Å². The maximum absolute atomic E-state index is 12.7. The first-order valence-corrected chi connectivity index (χ1v) is 9.54. The van der Waals surface area contributed by atoms with E-state index in [1.54, 1.807) is 43.3 Å². The number of benzene rings is 2. The third kappa shape index (κ3) is 4.93. The van der Waals surface area contributed by atoms with Gasteiger partial charge in [0, 0.05) is 11.1 Å². The number of amides is 1. The summed E-state index contributed by atoms with van der Waals surface area (Å²) in [4.78, 5) is 37.1. The Morgan fingerprint density at radius 3 is 2.52 bits per heavy atom. The molecule has 1 N–H and O–H groups in total. The van der Waals surface area contributed by atoms with Gasteiger partial charge in [-0.25, -0.2) is 4.68 Å². The van der Waals surface area contributed by atoms with E-state index in [0.717, 1.165) is 4.68 Å². The number of anilines is 1. The number of aromatic nitrogens is 2. The fourth-order valence-corrected chi connectivity index (χ4v) is 3.10. The molecule has 1 amide bonds. The molecule has 9 heteroatoms. The number of ether oxygens (including phenoxy) is 1. The van der Waals surface area contributed by atoms with Crippen molar-refractivity contribution in [1.82, 2.24) is 9.78 Å². The van der Waals surface area contributed by atoms with Gasteiger partial charge in [0.2, 0.25) is 5.91 Å². The number of fused-ring (bicyclic) bond motifs is 1. The molecule has 1 aromatic heterocycles. The molecule has 1 heterocycles. The van der Waals surface area contributed by atoms with Crippen LogP contribution in [0.5, 0.6) is 0 Å². The molecule has 0 saturated heterocycles. The van der Waals surface area contributed by atoms with Crippen LogP contribution in [0.3, 0.4) is 0 Å². The zero-order chi connectivity index (χ0) is 21.0. The van der Waals surface area contributed by atoms with Gasteiger partial charge in [0.1, 0.15) is 6.54 Å². The number of halogens is 2. The second-order valence-corrected chi connectivity index (χ2v) is 6.93. The molecule has 0 unspecified atom stereocenters. The summed E-state index contributed by atoms with van der Waals surface area (Å²) >= 11 is 11.8. The van der Waals surface area contributed by atoms with Crippen molar-refractivity contribution >= 4 is 51.5 Å². The molecule has 0 fully saturated rings. The highest BCUT2D eigenvalue weighted by molar-refractivity contribution is 6.42. The van der Waals surface area contributed by atoms with E-state index in [-0.39, 0.29) is 19.6 Å². The summed E-state index contributed by atoms with van der Waals surface area (Å²) in [6, 6.07) is 11.4. The Morgan fingerprint density at radius 1 is 1.10 bits per heavy atom. The summed E-state index contributed by atoms with van der Waals surface area (Å²) in [6.45, 7) is 1.61. The largest absolute Gasteiger partial charge is 0.466 e. The van der Waals surface area contributed by atoms with Gasteiger partial charge in [-0.3, -0.25) is 14.4 Å². The van der Waals surface area contributed by atoms with E-state index >= 15 is 0 Å². The van der Waals surface area contributed by atoms with Crippen LogP contribution in [0.15, 0.2) is 47.3 Å². The predicted molar refractivity (Wildman–Crippen MR) is 111 cm³/mol. The first kappa shape index (κ1) is 20.8. The van der Waals surface area contributed by atoms with Gasteiger partial charge in [-0.05, 0) is 31.2 Å². The fourth-order valence-electron chi connectivity index (χ4n) is 2.80. The van der Waals surface area contributed by atoms with Gasteiger partial charge in [-0.2, -0.15) is 5.10 Å². The Morgan fingerprint density at radius 2 is 1.83 bits per heavy atom. The summed E-state index contributed by atoms with van der Waals surface area (Å²) in [6.07, 6.45) is -0.108. The van der Waals surface area contributed by atoms with Gasteiger partial charge in [0.05, 0.1) is 34.2 Å². The Hall–Kier alpha value is -2.90. The van der Waals surface area contributed by atoms with E-state index in [1.165, 1.54) is 6.07 Å². The van der Waals surface area contributed by atoms with Crippen molar-refractivity contribution in [2.24, 2.45) is 0 Å². The number of carbonyl (C=O) groups is 2. The molecule has 7 nitrogen and oxygen atoms in total. The number of hydrogen-bond acceptors (Lipinski definition) is 5. The first-order valence-electron chi connectivity index (χ1n) is 8.78. The van der Waals surface area contributed by atoms with Crippen molar-refractivity contribution in [3.63, 3.8) is 0 Å². The Labute approximate surface area is 176 Å². The van der Waals surface area contributed by atoms with Crippen LogP contribution in [0.25, 0.3) is 10.8 Å². The van der Waals surface area contributed by atoms with Crippen molar-refractivity contribution < 1.29 is 14.3 Å². The highest BCUT2D eigenvalue weighted by Gasteiger charge is 2.16. The molecular formula is C20H17Cl2N3O4. The van der Waals surface area contributed by atoms with Gasteiger partial charge in [-0.1, -0.05) is 41.4 Å². The topological polar surface area (TPSA) is 90.3 Å². The molecule has 150 valence electrons. The van der Waals surface area contributed by atoms with Crippen molar-refractivity contribution in [3.05, 3.63) is 68.6 Å². The number of rotatable bonds is 6. The highest BCUT2D eigenvalue weighted by atomic mass is 35.5. The minimum absolute atomic E-state index is 0.108. The molecule has 0 radical (unpaired) electrons. The predicted octanol–water partition coefficient (Wildman–Crippen LogP) is 3.45. The van der Waals surface area contributed by atoms with Crippen LogP contribution < -0.4 is 10.9 Å². The molecule has 0 bridgehead atoms. The van der Waals surface area contributed by atoms with Gasteiger partial charge in [0.15, 0.2) is 0 Å². The van der Waals surface area contributed by atoms with Crippen LogP contribution in [0.1, 0.15) is 12.6 Å². The van der Waals surface area contributed by atoms with E-state index in [2.05, 4.69) is 10.4 Å².